The molecule has 0 saturated carbocycles. The number of anilines is 1. The van der Waals surface area contributed by atoms with Gasteiger partial charge in [0.2, 0.25) is 0 Å². The Balaban J connectivity index is 2.11. The number of hydrogen-bond donors (Lipinski definition) is 0. The van der Waals surface area contributed by atoms with Gasteiger partial charge in [0.1, 0.15) is 5.60 Å². The molecule has 128 valence electrons. The maximum atomic E-state index is 14.1. The minimum absolute atomic E-state index is 0.0961. The number of carbonyl (C=O) groups is 1. The predicted octanol–water partition coefficient (Wildman–Crippen LogP) is 4.17. The summed E-state index contributed by atoms with van der Waals surface area (Å²) in [5, 5.41) is 0. The van der Waals surface area contributed by atoms with Crippen molar-refractivity contribution in [1.82, 2.24) is 4.90 Å². The Morgan fingerprint density at radius 2 is 1.91 bits per heavy atom. The lowest BCUT2D eigenvalue weighted by Gasteiger charge is -2.41. The van der Waals surface area contributed by atoms with Gasteiger partial charge in [0.25, 0.3) is 0 Å². The van der Waals surface area contributed by atoms with E-state index in [1.54, 1.807) is 15.9 Å². The van der Waals surface area contributed by atoms with Gasteiger partial charge in [-0.2, -0.15) is 0 Å². The summed E-state index contributed by atoms with van der Waals surface area (Å²) in [6, 6.07) is 2.88. The van der Waals surface area contributed by atoms with Crippen LogP contribution in [0.1, 0.15) is 27.7 Å². The standard InChI is InChI=1S/C16H21BrF2N2O2/c1-10-9-20(15(22)23-16(2,3)4)7-8-21(10)12-6-5-11(17)13(18)14(12)19/h5-6,10H,7-9H2,1-4H3/t10-/m1/s1. The van der Waals surface area contributed by atoms with Crippen molar-refractivity contribution in [3.8, 4) is 0 Å². The molecule has 4 nitrogen and oxygen atoms in total. The quantitative estimate of drug-likeness (QED) is 0.674. The van der Waals surface area contributed by atoms with Gasteiger partial charge in [-0.25, -0.2) is 13.6 Å². The molecule has 0 aromatic heterocycles. The van der Waals surface area contributed by atoms with Gasteiger partial charge in [0, 0.05) is 25.7 Å². The van der Waals surface area contributed by atoms with E-state index in [1.807, 2.05) is 27.7 Å². The average Bonchev–Trinajstić information content (AvgIpc) is 2.44. The summed E-state index contributed by atoms with van der Waals surface area (Å²) in [5.74, 6) is -1.78. The van der Waals surface area contributed by atoms with E-state index in [0.717, 1.165) is 0 Å². The molecule has 1 heterocycles. The number of halogens is 3. The number of ether oxygens (including phenoxy) is 1. The summed E-state index contributed by atoms with van der Waals surface area (Å²) in [6.07, 6.45) is -0.383. The number of piperazine rings is 1. The summed E-state index contributed by atoms with van der Waals surface area (Å²) in [6.45, 7) is 8.51. The van der Waals surface area contributed by atoms with Gasteiger partial charge in [-0.15, -0.1) is 0 Å². The Morgan fingerprint density at radius 1 is 1.26 bits per heavy atom. The molecule has 0 bridgehead atoms. The van der Waals surface area contributed by atoms with Gasteiger partial charge in [0.05, 0.1) is 10.2 Å². The van der Waals surface area contributed by atoms with Crippen LogP contribution < -0.4 is 4.90 Å². The number of hydrogen-bond acceptors (Lipinski definition) is 3. The summed E-state index contributed by atoms with van der Waals surface area (Å²) in [5.41, 5.74) is -0.347. The summed E-state index contributed by atoms with van der Waals surface area (Å²) in [7, 11) is 0. The first-order valence-corrected chi connectivity index (χ1v) is 8.27. The SMILES string of the molecule is C[C@@H]1CN(C(=O)OC(C)(C)C)CCN1c1ccc(Br)c(F)c1F. The zero-order valence-corrected chi connectivity index (χ0v) is 15.3. The van der Waals surface area contributed by atoms with E-state index in [1.165, 1.54) is 6.07 Å². The van der Waals surface area contributed by atoms with Gasteiger partial charge in [-0.3, -0.25) is 0 Å². The highest BCUT2D eigenvalue weighted by atomic mass is 79.9. The predicted molar refractivity (Wildman–Crippen MR) is 88.7 cm³/mol. The largest absolute Gasteiger partial charge is 0.444 e. The second kappa shape index (κ2) is 6.63. The Morgan fingerprint density at radius 3 is 2.48 bits per heavy atom. The first-order chi connectivity index (χ1) is 10.6. The Labute approximate surface area is 143 Å². The van der Waals surface area contributed by atoms with Crippen LogP contribution in [-0.2, 0) is 4.74 Å². The zero-order chi connectivity index (χ0) is 17.4. The first-order valence-electron chi connectivity index (χ1n) is 7.48. The summed E-state index contributed by atoms with van der Waals surface area (Å²) in [4.78, 5) is 15.5. The van der Waals surface area contributed by atoms with Crippen LogP contribution >= 0.6 is 15.9 Å². The molecule has 1 saturated heterocycles. The van der Waals surface area contributed by atoms with Crippen molar-refractivity contribution in [2.45, 2.75) is 39.3 Å². The minimum Gasteiger partial charge on any atom is -0.444 e. The van der Waals surface area contributed by atoms with Crippen molar-refractivity contribution in [2.75, 3.05) is 24.5 Å². The van der Waals surface area contributed by atoms with Gasteiger partial charge in [-0.05, 0) is 55.8 Å². The van der Waals surface area contributed by atoms with Gasteiger partial charge in [0.15, 0.2) is 11.6 Å². The molecule has 0 aliphatic carbocycles. The summed E-state index contributed by atoms with van der Waals surface area (Å²) < 4.78 is 33.3. The molecule has 0 N–H and O–H groups in total. The lowest BCUT2D eigenvalue weighted by atomic mass is 10.1. The van der Waals surface area contributed by atoms with Crippen LogP contribution in [0.4, 0.5) is 19.3 Å². The van der Waals surface area contributed by atoms with Crippen molar-refractivity contribution in [2.24, 2.45) is 0 Å². The van der Waals surface area contributed by atoms with E-state index in [-0.39, 0.29) is 22.3 Å². The van der Waals surface area contributed by atoms with Crippen molar-refractivity contribution >= 4 is 27.7 Å². The number of rotatable bonds is 1. The van der Waals surface area contributed by atoms with Crippen molar-refractivity contribution < 1.29 is 18.3 Å². The number of nitrogens with zero attached hydrogens (tertiary/aromatic N) is 2. The molecular formula is C16H21BrF2N2O2. The fraction of sp³-hybridized carbons (Fsp3) is 0.562. The van der Waals surface area contributed by atoms with E-state index in [2.05, 4.69) is 15.9 Å². The molecule has 1 atom stereocenters. The van der Waals surface area contributed by atoms with Gasteiger partial charge < -0.3 is 14.5 Å². The van der Waals surface area contributed by atoms with Gasteiger partial charge in [-0.1, -0.05) is 0 Å². The molecule has 0 spiro atoms. The zero-order valence-electron chi connectivity index (χ0n) is 13.7. The minimum atomic E-state index is -0.899. The van der Waals surface area contributed by atoms with Gasteiger partial charge >= 0.3 is 6.09 Å². The third kappa shape index (κ3) is 4.13. The molecule has 1 aromatic rings. The molecule has 1 amide bonds. The summed E-state index contributed by atoms with van der Waals surface area (Å²) >= 11 is 2.97. The van der Waals surface area contributed by atoms with E-state index in [9.17, 15) is 13.6 Å². The molecule has 23 heavy (non-hydrogen) atoms. The average molecular weight is 391 g/mol. The molecule has 1 aliphatic rings. The fourth-order valence-electron chi connectivity index (χ4n) is 2.55. The normalized spacial score (nSPS) is 19.0. The van der Waals surface area contributed by atoms with E-state index >= 15 is 0 Å². The lowest BCUT2D eigenvalue weighted by Crippen LogP contribution is -2.54. The maximum absolute atomic E-state index is 14.1. The molecular weight excluding hydrogens is 370 g/mol. The van der Waals surface area contributed by atoms with Crippen LogP contribution in [0.25, 0.3) is 0 Å². The fourth-order valence-corrected chi connectivity index (χ4v) is 2.85. The Hall–Kier alpha value is -1.37. The lowest BCUT2D eigenvalue weighted by molar-refractivity contribution is 0.0218. The van der Waals surface area contributed by atoms with E-state index in [0.29, 0.717) is 19.6 Å². The van der Waals surface area contributed by atoms with Crippen molar-refractivity contribution in [1.29, 1.82) is 0 Å². The molecule has 7 heteroatoms. The highest BCUT2D eigenvalue weighted by Crippen LogP contribution is 2.29. The molecule has 2 rings (SSSR count). The Kier molecular flexibility index (Phi) is 5.18. The van der Waals surface area contributed by atoms with Crippen LogP contribution in [0.5, 0.6) is 0 Å². The van der Waals surface area contributed by atoms with Crippen LogP contribution in [0.2, 0.25) is 0 Å². The van der Waals surface area contributed by atoms with Crippen LogP contribution in [0.15, 0.2) is 16.6 Å². The smallest absolute Gasteiger partial charge is 0.410 e. The molecule has 1 aliphatic heterocycles. The van der Waals surface area contributed by atoms with Crippen molar-refractivity contribution in [3.05, 3.63) is 28.2 Å². The second-order valence-corrected chi connectivity index (χ2v) is 7.52. The van der Waals surface area contributed by atoms with Crippen molar-refractivity contribution in [3.63, 3.8) is 0 Å². The molecule has 1 fully saturated rings. The third-order valence-electron chi connectivity index (χ3n) is 3.60. The first kappa shape index (κ1) is 18.0. The second-order valence-electron chi connectivity index (χ2n) is 6.66. The van der Waals surface area contributed by atoms with Crippen LogP contribution in [-0.4, -0.2) is 42.3 Å². The van der Waals surface area contributed by atoms with E-state index in [4.69, 9.17) is 4.74 Å². The molecule has 0 radical (unpaired) electrons. The topological polar surface area (TPSA) is 32.8 Å². The molecule has 1 aromatic carbocycles. The number of benzene rings is 1. The van der Waals surface area contributed by atoms with E-state index < -0.39 is 17.2 Å². The third-order valence-corrected chi connectivity index (χ3v) is 4.22. The van der Waals surface area contributed by atoms with Crippen LogP contribution in [0, 0.1) is 11.6 Å². The maximum Gasteiger partial charge on any atom is 0.410 e. The molecule has 0 unspecified atom stereocenters. The number of carbonyl (C=O) groups excluding carboxylic acids is 1. The highest BCUT2D eigenvalue weighted by Gasteiger charge is 2.31. The monoisotopic (exact) mass is 390 g/mol. The Bertz CT molecular complexity index is 604. The number of amides is 1. The van der Waals surface area contributed by atoms with Crippen LogP contribution in [0.3, 0.4) is 0 Å². The highest BCUT2D eigenvalue weighted by molar-refractivity contribution is 9.10.